The molecule has 0 saturated carbocycles. The van der Waals surface area contributed by atoms with Crippen LogP contribution >= 0.6 is 0 Å². The molecule has 0 unspecified atom stereocenters. The minimum absolute atomic E-state index is 0.188. The van der Waals surface area contributed by atoms with Crippen LogP contribution in [-0.4, -0.2) is 28.6 Å². The number of hydrogen-bond acceptors (Lipinski definition) is 3. The SMILES string of the molecule is CNC(=O)c1cccc(NC(=O)/C=C/c2cnn(-c3ccccc3)c2)c1C. The number of rotatable bonds is 5. The van der Waals surface area contributed by atoms with Gasteiger partial charge in [0.05, 0.1) is 11.9 Å². The molecule has 0 aliphatic rings. The molecule has 6 nitrogen and oxygen atoms in total. The summed E-state index contributed by atoms with van der Waals surface area (Å²) < 4.78 is 1.74. The van der Waals surface area contributed by atoms with Crippen LogP contribution in [0.5, 0.6) is 0 Å². The molecule has 0 spiro atoms. The molecular weight excluding hydrogens is 340 g/mol. The van der Waals surface area contributed by atoms with Gasteiger partial charge in [-0.05, 0) is 42.8 Å². The van der Waals surface area contributed by atoms with Gasteiger partial charge in [0.2, 0.25) is 5.91 Å². The first-order chi connectivity index (χ1) is 13.1. The number of carbonyl (C=O) groups excluding carboxylic acids is 2. The van der Waals surface area contributed by atoms with Gasteiger partial charge in [0.15, 0.2) is 0 Å². The lowest BCUT2D eigenvalue weighted by molar-refractivity contribution is -0.111. The highest BCUT2D eigenvalue weighted by atomic mass is 16.2. The molecule has 2 N–H and O–H groups in total. The van der Waals surface area contributed by atoms with Crippen LogP contribution in [0.4, 0.5) is 5.69 Å². The van der Waals surface area contributed by atoms with Gasteiger partial charge in [-0.1, -0.05) is 24.3 Å². The Hall–Kier alpha value is -3.67. The molecule has 1 heterocycles. The van der Waals surface area contributed by atoms with E-state index in [0.717, 1.165) is 16.8 Å². The van der Waals surface area contributed by atoms with Gasteiger partial charge in [-0.15, -0.1) is 0 Å². The fourth-order valence-electron chi connectivity index (χ4n) is 2.64. The maximum Gasteiger partial charge on any atom is 0.251 e. The molecule has 2 amide bonds. The molecule has 0 radical (unpaired) electrons. The first-order valence-electron chi connectivity index (χ1n) is 8.49. The van der Waals surface area contributed by atoms with E-state index in [1.165, 1.54) is 6.08 Å². The smallest absolute Gasteiger partial charge is 0.251 e. The van der Waals surface area contributed by atoms with Crippen molar-refractivity contribution in [1.29, 1.82) is 0 Å². The van der Waals surface area contributed by atoms with Crippen LogP contribution < -0.4 is 10.6 Å². The topological polar surface area (TPSA) is 76.0 Å². The summed E-state index contributed by atoms with van der Waals surface area (Å²) in [7, 11) is 1.57. The average Bonchev–Trinajstić information content (AvgIpc) is 3.17. The molecule has 0 fully saturated rings. The van der Waals surface area contributed by atoms with E-state index >= 15 is 0 Å². The van der Waals surface area contributed by atoms with E-state index < -0.39 is 0 Å². The number of aromatic nitrogens is 2. The first kappa shape index (κ1) is 18.1. The molecule has 3 rings (SSSR count). The summed E-state index contributed by atoms with van der Waals surface area (Å²) >= 11 is 0. The minimum atomic E-state index is -0.278. The second-order valence-corrected chi connectivity index (χ2v) is 5.93. The quantitative estimate of drug-likeness (QED) is 0.686. The van der Waals surface area contributed by atoms with Crippen LogP contribution in [0.2, 0.25) is 0 Å². The number of benzene rings is 2. The number of amides is 2. The van der Waals surface area contributed by atoms with E-state index in [9.17, 15) is 9.59 Å². The summed E-state index contributed by atoms with van der Waals surface area (Å²) in [6.07, 6.45) is 6.67. The zero-order chi connectivity index (χ0) is 19.2. The normalized spacial score (nSPS) is 10.7. The van der Waals surface area contributed by atoms with Gasteiger partial charge < -0.3 is 10.6 Å². The molecule has 6 heteroatoms. The number of para-hydroxylation sites is 1. The van der Waals surface area contributed by atoms with Gasteiger partial charge in [0.1, 0.15) is 0 Å². The van der Waals surface area contributed by atoms with E-state index in [0.29, 0.717) is 11.3 Å². The van der Waals surface area contributed by atoms with Crippen LogP contribution in [0.15, 0.2) is 67.0 Å². The minimum Gasteiger partial charge on any atom is -0.355 e. The highest BCUT2D eigenvalue weighted by molar-refractivity contribution is 6.04. The Labute approximate surface area is 157 Å². The van der Waals surface area contributed by atoms with Gasteiger partial charge in [0, 0.05) is 36.1 Å². The first-order valence-corrected chi connectivity index (χ1v) is 8.49. The van der Waals surface area contributed by atoms with E-state index in [2.05, 4.69) is 15.7 Å². The number of carbonyl (C=O) groups is 2. The Bertz CT molecular complexity index is 990. The fraction of sp³-hybridized carbons (Fsp3) is 0.0952. The Morgan fingerprint density at radius 2 is 1.85 bits per heavy atom. The van der Waals surface area contributed by atoms with E-state index in [4.69, 9.17) is 0 Å². The van der Waals surface area contributed by atoms with Crippen molar-refractivity contribution in [3.63, 3.8) is 0 Å². The van der Waals surface area contributed by atoms with Gasteiger partial charge in [-0.3, -0.25) is 9.59 Å². The summed E-state index contributed by atoms with van der Waals surface area (Å²) in [4.78, 5) is 24.1. The largest absolute Gasteiger partial charge is 0.355 e. The zero-order valence-electron chi connectivity index (χ0n) is 15.1. The van der Waals surface area contributed by atoms with Crippen LogP contribution in [0.25, 0.3) is 11.8 Å². The summed E-state index contributed by atoms with van der Waals surface area (Å²) in [5, 5.41) is 9.69. The molecule has 0 saturated heterocycles. The van der Waals surface area contributed by atoms with Crippen molar-refractivity contribution in [2.45, 2.75) is 6.92 Å². The van der Waals surface area contributed by atoms with Crippen LogP contribution in [0.3, 0.4) is 0 Å². The standard InChI is InChI=1S/C21H20N4O2/c1-15-18(21(27)22-2)9-6-10-19(15)24-20(26)12-11-16-13-23-25(14-16)17-7-4-3-5-8-17/h3-14H,1-2H3,(H,22,27)(H,24,26)/b12-11+. The van der Waals surface area contributed by atoms with Gasteiger partial charge in [-0.25, -0.2) is 4.68 Å². The monoisotopic (exact) mass is 360 g/mol. The lowest BCUT2D eigenvalue weighted by atomic mass is 10.1. The molecule has 3 aromatic rings. The summed E-state index contributed by atoms with van der Waals surface area (Å²) in [6, 6.07) is 15.0. The summed E-state index contributed by atoms with van der Waals surface area (Å²) in [6.45, 7) is 1.80. The lowest BCUT2D eigenvalue weighted by Crippen LogP contribution is -2.20. The average molecular weight is 360 g/mol. The van der Waals surface area contributed by atoms with Gasteiger partial charge in [-0.2, -0.15) is 5.10 Å². The van der Waals surface area contributed by atoms with Crippen LogP contribution in [-0.2, 0) is 4.79 Å². The molecule has 136 valence electrons. The highest BCUT2D eigenvalue weighted by Gasteiger charge is 2.11. The Morgan fingerprint density at radius 3 is 2.59 bits per heavy atom. The lowest BCUT2D eigenvalue weighted by Gasteiger charge is -2.10. The van der Waals surface area contributed by atoms with Crippen molar-refractivity contribution >= 4 is 23.6 Å². The molecular formula is C21H20N4O2. The van der Waals surface area contributed by atoms with Crippen molar-refractivity contribution in [3.8, 4) is 5.69 Å². The van der Waals surface area contributed by atoms with Crippen molar-refractivity contribution in [2.75, 3.05) is 12.4 Å². The Morgan fingerprint density at radius 1 is 1.07 bits per heavy atom. The summed E-state index contributed by atoms with van der Waals surface area (Å²) in [5.74, 6) is -0.466. The molecule has 2 aromatic carbocycles. The van der Waals surface area contributed by atoms with E-state index in [1.54, 1.807) is 49.1 Å². The Balaban J connectivity index is 1.70. The Kier molecular flexibility index (Phi) is 5.47. The van der Waals surface area contributed by atoms with Gasteiger partial charge in [0.25, 0.3) is 5.91 Å². The summed E-state index contributed by atoms with van der Waals surface area (Å²) in [5.41, 5.74) is 3.61. The second-order valence-electron chi connectivity index (χ2n) is 5.93. The van der Waals surface area contributed by atoms with E-state index in [1.807, 2.05) is 36.5 Å². The third kappa shape index (κ3) is 4.30. The maximum atomic E-state index is 12.2. The molecule has 1 aromatic heterocycles. The number of nitrogens with one attached hydrogen (secondary N) is 2. The van der Waals surface area contributed by atoms with Crippen molar-refractivity contribution < 1.29 is 9.59 Å². The van der Waals surface area contributed by atoms with Crippen molar-refractivity contribution in [2.24, 2.45) is 0 Å². The van der Waals surface area contributed by atoms with E-state index in [-0.39, 0.29) is 11.8 Å². The fourth-order valence-corrected chi connectivity index (χ4v) is 2.64. The molecule has 0 aliphatic heterocycles. The number of hydrogen-bond donors (Lipinski definition) is 2. The van der Waals surface area contributed by atoms with Crippen LogP contribution in [0, 0.1) is 6.92 Å². The van der Waals surface area contributed by atoms with Crippen LogP contribution in [0.1, 0.15) is 21.5 Å². The predicted octanol–water partition coefficient (Wildman–Crippen LogP) is 3.19. The molecule has 0 aliphatic carbocycles. The zero-order valence-corrected chi connectivity index (χ0v) is 15.1. The predicted molar refractivity (Wildman–Crippen MR) is 106 cm³/mol. The molecule has 0 atom stereocenters. The maximum absolute atomic E-state index is 12.2. The second kappa shape index (κ2) is 8.14. The van der Waals surface area contributed by atoms with Gasteiger partial charge >= 0.3 is 0 Å². The van der Waals surface area contributed by atoms with Crippen molar-refractivity contribution in [3.05, 3.63) is 83.7 Å². The highest BCUT2D eigenvalue weighted by Crippen LogP contribution is 2.19. The van der Waals surface area contributed by atoms with Crippen molar-refractivity contribution in [1.82, 2.24) is 15.1 Å². The third-order valence-electron chi connectivity index (χ3n) is 4.11. The molecule has 27 heavy (non-hydrogen) atoms. The third-order valence-corrected chi connectivity index (χ3v) is 4.11. The number of nitrogens with zero attached hydrogens (tertiary/aromatic N) is 2. The number of anilines is 1. The molecule has 0 bridgehead atoms.